The number of aromatic hydroxyl groups is 1. The number of aryl methyl sites for hydroxylation is 2. The molecule has 4 heterocycles. The van der Waals surface area contributed by atoms with E-state index in [1.807, 2.05) is 105 Å². The molecule has 464 valence electrons. The maximum atomic E-state index is 12.1. The Morgan fingerprint density at radius 1 is 0.425 bits per heavy atom. The van der Waals surface area contributed by atoms with Crippen molar-refractivity contribution in [1.82, 2.24) is 19.9 Å². The molecule has 0 fully saturated rings. The number of nitrogens with zero attached hydrogens (tertiary/aromatic N) is 4. The Morgan fingerprint density at radius 2 is 0.828 bits per heavy atom. The van der Waals surface area contributed by atoms with Gasteiger partial charge in [-0.3, -0.25) is 8.37 Å². The minimum atomic E-state index is -3.78. The first-order chi connectivity index (χ1) is 42.2. The second kappa shape index (κ2) is 37.7. The number of benzene rings is 4. The van der Waals surface area contributed by atoms with E-state index in [2.05, 4.69) is 21.9 Å². The fraction of sp³-hybridized carbons (Fsp3) is 0.323. The maximum Gasteiger partial charge on any atom is 0.297 e. The molecule has 4 aromatic heterocycles. The quantitative estimate of drug-likeness (QED) is 0.0291. The van der Waals surface area contributed by atoms with Gasteiger partial charge in [-0.15, -0.1) is 0 Å². The lowest BCUT2D eigenvalue weighted by molar-refractivity contribution is 0.00529. The van der Waals surface area contributed by atoms with Crippen LogP contribution in [0.5, 0.6) is 23.3 Å². The first kappa shape index (κ1) is 68.4. The summed E-state index contributed by atoms with van der Waals surface area (Å²) >= 11 is 0. The highest BCUT2D eigenvalue weighted by Crippen LogP contribution is 2.23. The third-order valence-electron chi connectivity index (χ3n) is 12.1. The highest BCUT2D eigenvalue weighted by atomic mass is 32.2. The Balaban J connectivity index is 0.000000230. The van der Waals surface area contributed by atoms with Gasteiger partial charge in [-0.2, -0.15) is 16.8 Å². The zero-order valence-corrected chi connectivity index (χ0v) is 51.3. The Morgan fingerprint density at radius 3 is 1.26 bits per heavy atom. The van der Waals surface area contributed by atoms with E-state index in [4.69, 9.17) is 56.0 Å². The minimum Gasteiger partial charge on any atom is -0.508 e. The molecule has 0 saturated carbocycles. The Hall–Kier alpha value is -7.74. The summed E-state index contributed by atoms with van der Waals surface area (Å²) in [4.78, 5) is 17.7. The standard InChI is InChI=1S/C32H36N2O8S.C17H14N2O2.C16H26O6S/c1-25-3-10-30(11-4-25)43(35,36)42-22-20-40-18-16-38-15-17-39-19-21-41-29-9-12-31-27(24-29)6-8-28(34-31)7-5-26-13-14-33-32(23-26)37-2;1-21-17-10-12(8-9-18-17)2-4-14-5-3-13-11-15(20)6-7-16(13)19-14;1-3-8-19-9-10-20-11-12-21-13-14-22-23(17,18)16-6-4-15(2)5-7-16/h3-14,23-24H,15-22H2,1-2H3;2-11,20H,1H3;4-7H,3,8-14H2,1-2H3/b7-5+;4-2+;. The SMILES string of the molecule is CCCOCCOCCOCCOS(=O)(=O)c1ccc(C)cc1.COc1cc(/C=C/c2ccc3cc(O)ccc3n2)ccn1.COc1cc(/C=C/c2ccc3cc(OCCOCCOCCOCCOS(=O)(=O)c4ccc(C)cc4)ccc3n2)ccn1. The van der Waals surface area contributed by atoms with Gasteiger partial charge < -0.3 is 47.7 Å². The van der Waals surface area contributed by atoms with Crippen molar-refractivity contribution in [3.63, 3.8) is 0 Å². The van der Waals surface area contributed by atoms with E-state index < -0.39 is 20.2 Å². The maximum absolute atomic E-state index is 12.1. The first-order valence-electron chi connectivity index (χ1n) is 28.1. The van der Waals surface area contributed by atoms with Crippen LogP contribution in [0.25, 0.3) is 46.1 Å². The lowest BCUT2D eigenvalue weighted by Gasteiger charge is -2.09. The molecule has 0 aliphatic rings. The highest BCUT2D eigenvalue weighted by Gasteiger charge is 2.16. The third-order valence-corrected chi connectivity index (χ3v) is 14.7. The predicted octanol–water partition coefficient (Wildman–Crippen LogP) is 10.6. The minimum absolute atomic E-state index is 0.0180. The number of methoxy groups -OCH3 is 2. The largest absolute Gasteiger partial charge is 0.508 e. The zero-order chi connectivity index (χ0) is 62.0. The van der Waals surface area contributed by atoms with Crippen LogP contribution in [0.15, 0.2) is 156 Å². The second-order valence-corrected chi connectivity index (χ2v) is 22.1. The number of fused-ring (bicyclic) bond motifs is 2. The number of phenolic OH excluding ortho intramolecular Hbond substituents is 1. The molecule has 22 heteroatoms. The Kier molecular flexibility index (Phi) is 29.7. The molecule has 0 aliphatic carbocycles. The number of pyridine rings is 4. The van der Waals surface area contributed by atoms with Crippen LogP contribution in [0.2, 0.25) is 0 Å². The number of hydrogen-bond acceptors (Lipinski definition) is 20. The Labute approximate surface area is 509 Å². The van der Waals surface area contributed by atoms with Crippen molar-refractivity contribution < 1.29 is 72.9 Å². The van der Waals surface area contributed by atoms with Crippen molar-refractivity contribution in [2.24, 2.45) is 0 Å². The van der Waals surface area contributed by atoms with E-state index in [1.54, 1.807) is 69.1 Å². The summed E-state index contributed by atoms with van der Waals surface area (Å²) in [5, 5.41) is 11.3. The van der Waals surface area contributed by atoms with Gasteiger partial charge in [-0.05, 0) is 128 Å². The molecule has 87 heavy (non-hydrogen) atoms. The van der Waals surface area contributed by atoms with Gasteiger partial charge in [0.15, 0.2) is 0 Å². The number of hydrogen-bond donors (Lipinski definition) is 1. The van der Waals surface area contributed by atoms with Crippen molar-refractivity contribution in [1.29, 1.82) is 0 Å². The topological polar surface area (TPSA) is 242 Å². The van der Waals surface area contributed by atoms with Crippen LogP contribution in [0, 0.1) is 13.8 Å². The summed E-state index contributed by atoms with van der Waals surface area (Å²) in [6, 6.07) is 39.3. The van der Waals surface area contributed by atoms with Gasteiger partial charge in [0.2, 0.25) is 11.8 Å². The molecule has 0 bridgehead atoms. The zero-order valence-electron chi connectivity index (χ0n) is 49.7. The fourth-order valence-corrected chi connectivity index (χ4v) is 9.35. The van der Waals surface area contributed by atoms with E-state index in [1.165, 1.54) is 24.3 Å². The van der Waals surface area contributed by atoms with Gasteiger partial charge in [0.1, 0.15) is 18.1 Å². The van der Waals surface area contributed by atoms with Crippen LogP contribution < -0.4 is 14.2 Å². The summed E-state index contributed by atoms with van der Waals surface area (Å²) in [6.07, 6.45) is 12.2. The Bertz CT molecular complexity index is 3610. The van der Waals surface area contributed by atoms with Gasteiger partial charge >= 0.3 is 0 Å². The monoisotopic (exact) mass is 1230 g/mol. The normalized spacial score (nSPS) is 11.6. The van der Waals surface area contributed by atoms with Crippen molar-refractivity contribution in [2.75, 3.05) is 113 Å². The molecule has 0 spiro atoms. The molecule has 0 amide bonds. The molecule has 0 atom stereocenters. The van der Waals surface area contributed by atoms with Gasteiger partial charge in [0.05, 0.1) is 132 Å². The molecular formula is C65H76N4O16S2. The molecule has 8 rings (SSSR count). The molecule has 4 aromatic carbocycles. The fourth-order valence-electron chi connectivity index (χ4n) is 7.56. The average molecular weight is 1230 g/mol. The molecule has 20 nitrogen and oxygen atoms in total. The van der Waals surface area contributed by atoms with Crippen LogP contribution >= 0.6 is 0 Å². The van der Waals surface area contributed by atoms with E-state index in [0.29, 0.717) is 77.8 Å². The molecule has 0 aliphatic heterocycles. The van der Waals surface area contributed by atoms with Crippen LogP contribution in [-0.4, -0.2) is 155 Å². The van der Waals surface area contributed by atoms with E-state index in [-0.39, 0.29) is 42.0 Å². The summed E-state index contributed by atoms with van der Waals surface area (Å²) < 4.78 is 106. The van der Waals surface area contributed by atoms with Crippen molar-refractivity contribution >= 4 is 66.3 Å². The lowest BCUT2D eigenvalue weighted by Crippen LogP contribution is -2.15. The number of phenols is 1. The van der Waals surface area contributed by atoms with Crippen LogP contribution in [-0.2, 0) is 57.0 Å². The van der Waals surface area contributed by atoms with Crippen LogP contribution in [0.3, 0.4) is 0 Å². The van der Waals surface area contributed by atoms with Gasteiger partial charge in [-0.25, -0.2) is 19.9 Å². The lowest BCUT2D eigenvalue weighted by atomic mass is 10.1. The summed E-state index contributed by atoms with van der Waals surface area (Å²) in [7, 11) is -4.31. The van der Waals surface area contributed by atoms with Gasteiger partial charge in [-0.1, -0.05) is 66.6 Å². The van der Waals surface area contributed by atoms with E-state index in [0.717, 1.165) is 74.2 Å². The predicted molar refractivity (Wildman–Crippen MR) is 334 cm³/mol. The first-order valence-corrected chi connectivity index (χ1v) is 30.9. The average Bonchev–Trinajstić information content (AvgIpc) is 3.71. The second-order valence-electron chi connectivity index (χ2n) is 18.8. The van der Waals surface area contributed by atoms with Crippen LogP contribution in [0.1, 0.15) is 47.0 Å². The van der Waals surface area contributed by atoms with E-state index in [9.17, 15) is 21.9 Å². The molecule has 0 unspecified atom stereocenters. The smallest absolute Gasteiger partial charge is 0.297 e. The van der Waals surface area contributed by atoms with Crippen molar-refractivity contribution in [3.05, 3.63) is 179 Å². The van der Waals surface area contributed by atoms with E-state index >= 15 is 0 Å². The molecule has 1 N–H and O–H groups in total. The number of rotatable bonds is 34. The van der Waals surface area contributed by atoms with Crippen molar-refractivity contribution in [3.8, 4) is 23.3 Å². The third kappa shape index (κ3) is 25.6. The summed E-state index contributed by atoms with van der Waals surface area (Å²) in [6.45, 7) is 11.1. The molecule has 0 radical (unpaired) electrons. The highest BCUT2D eigenvalue weighted by molar-refractivity contribution is 7.87. The van der Waals surface area contributed by atoms with Gasteiger partial charge in [0.25, 0.3) is 20.2 Å². The number of aromatic nitrogens is 4. The van der Waals surface area contributed by atoms with Crippen LogP contribution in [0.4, 0.5) is 0 Å². The van der Waals surface area contributed by atoms with Gasteiger partial charge in [0, 0.05) is 41.9 Å². The summed E-state index contributed by atoms with van der Waals surface area (Å²) in [5.41, 5.74) is 7.36. The molecule has 8 aromatic rings. The molecular weight excluding hydrogens is 1160 g/mol. The van der Waals surface area contributed by atoms with Crippen molar-refractivity contribution in [2.45, 2.75) is 37.0 Å². The number of ether oxygens (including phenoxy) is 9. The molecule has 0 saturated heterocycles. The summed E-state index contributed by atoms with van der Waals surface area (Å²) in [5.74, 6) is 2.14.